The average molecular weight is 244 g/mol. The highest BCUT2D eigenvalue weighted by Crippen LogP contribution is 2.27. The fourth-order valence-electron chi connectivity index (χ4n) is 2.94. The maximum Gasteiger partial charge on any atom is 0.192 e. The van der Waals surface area contributed by atoms with Gasteiger partial charge < -0.3 is 10.2 Å². The molecule has 18 heavy (non-hydrogen) atoms. The predicted molar refractivity (Wildman–Crippen MR) is 72.4 cm³/mol. The van der Waals surface area contributed by atoms with E-state index in [2.05, 4.69) is 17.1 Å². The fourth-order valence-corrected chi connectivity index (χ4v) is 2.94. The van der Waals surface area contributed by atoms with E-state index < -0.39 is 0 Å². The molecule has 0 radical (unpaired) electrons. The normalized spacial score (nSPS) is 24.6. The van der Waals surface area contributed by atoms with Crippen molar-refractivity contribution >= 4 is 11.1 Å². The van der Waals surface area contributed by atoms with Gasteiger partial charge >= 0.3 is 0 Å². The quantitative estimate of drug-likeness (QED) is 0.882. The summed E-state index contributed by atoms with van der Waals surface area (Å²) < 4.78 is 5.50. The topological polar surface area (TPSA) is 52.0 Å². The molecule has 0 aliphatic heterocycles. The van der Waals surface area contributed by atoms with Gasteiger partial charge in [-0.15, -0.1) is 0 Å². The SMILES string of the molecule is Cc1nc2cc(CC3CCC(N)CC3)ccc2o1. The fraction of sp³-hybridized carbons (Fsp3) is 0.533. The van der Waals surface area contributed by atoms with Gasteiger partial charge in [0.15, 0.2) is 11.5 Å². The second-order valence-corrected chi connectivity index (χ2v) is 5.52. The number of fused-ring (bicyclic) bond motifs is 1. The van der Waals surface area contributed by atoms with Crippen LogP contribution >= 0.6 is 0 Å². The van der Waals surface area contributed by atoms with E-state index in [0.29, 0.717) is 6.04 Å². The molecule has 1 aromatic carbocycles. The molecule has 0 amide bonds. The van der Waals surface area contributed by atoms with Crippen LogP contribution in [0.2, 0.25) is 0 Å². The Hall–Kier alpha value is -1.35. The van der Waals surface area contributed by atoms with Crippen molar-refractivity contribution < 1.29 is 4.42 Å². The molecule has 2 aromatic rings. The van der Waals surface area contributed by atoms with Crippen molar-refractivity contribution in [1.29, 1.82) is 0 Å². The number of aromatic nitrogens is 1. The van der Waals surface area contributed by atoms with Crippen LogP contribution in [0, 0.1) is 12.8 Å². The molecule has 1 aliphatic rings. The van der Waals surface area contributed by atoms with Crippen molar-refractivity contribution in [2.45, 2.75) is 45.1 Å². The van der Waals surface area contributed by atoms with Gasteiger partial charge in [-0.1, -0.05) is 6.07 Å². The van der Waals surface area contributed by atoms with E-state index in [4.69, 9.17) is 10.2 Å². The number of hydrogen-bond acceptors (Lipinski definition) is 3. The van der Waals surface area contributed by atoms with Crippen molar-refractivity contribution in [1.82, 2.24) is 4.98 Å². The highest BCUT2D eigenvalue weighted by Gasteiger charge is 2.18. The standard InChI is InChI=1S/C15H20N2O/c1-10-17-14-9-12(4-7-15(14)18-10)8-11-2-5-13(16)6-3-11/h4,7,9,11,13H,2-3,5-6,8,16H2,1H3. The Morgan fingerprint density at radius 1 is 1.28 bits per heavy atom. The van der Waals surface area contributed by atoms with Gasteiger partial charge in [0.2, 0.25) is 0 Å². The molecule has 0 bridgehead atoms. The largest absolute Gasteiger partial charge is 0.441 e. The van der Waals surface area contributed by atoms with Crippen LogP contribution in [0.15, 0.2) is 22.6 Å². The van der Waals surface area contributed by atoms with Crippen LogP contribution in [0.1, 0.15) is 37.1 Å². The number of oxazole rings is 1. The summed E-state index contributed by atoms with van der Waals surface area (Å²) >= 11 is 0. The summed E-state index contributed by atoms with van der Waals surface area (Å²) in [4.78, 5) is 4.39. The summed E-state index contributed by atoms with van der Waals surface area (Å²) in [6, 6.07) is 6.81. The third-order valence-corrected chi connectivity index (χ3v) is 3.97. The lowest BCUT2D eigenvalue weighted by Gasteiger charge is -2.25. The molecule has 3 rings (SSSR count). The van der Waals surface area contributed by atoms with Crippen LogP contribution in [0.3, 0.4) is 0 Å². The highest BCUT2D eigenvalue weighted by molar-refractivity contribution is 5.73. The van der Waals surface area contributed by atoms with Gasteiger partial charge in [-0.05, 0) is 55.7 Å². The minimum atomic E-state index is 0.432. The zero-order valence-corrected chi connectivity index (χ0v) is 10.9. The maximum absolute atomic E-state index is 5.95. The number of nitrogens with zero attached hydrogens (tertiary/aromatic N) is 1. The summed E-state index contributed by atoms with van der Waals surface area (Å²) in [7, 11) is 0. The van der Waals surface area contributed by atoms with Crippen molar-refractivity contribution in [2.24, 2.45) is 11.7 Å². The molecule has 1 fully saturated rings. The van der Waals surface area contributed by atoms with E-state index in [1.54, 1.807) is 0 Å². The molecule has 1 saturated carbocycles. The lowest BCUT2D eigenvalue weighted by Crippen LogP contribution is -2.27. The summed E-state index contributed by atoms with van der Waals surface area (Å²) in [6.07, 6.45) is 6.02. The Kier molecular flexibility index (Phi) is 3.08. The maximum atomic E-state index is 5.95. The first-order chi connectivity index (χ1) is 8.70. The first-order valence-electron chi connectivity index (χ1n) is 6.82. The molecule has 0 atom stereocenters. The van der Waals surface area contributed by atoms with Crippen LogP contribution in [0.4, 0.5) is 0 Å². The number of aryl methyl sites for hydroxylation is 1. The Bertz CT molecular complexity index is 538. The number of benzene rings is 1. The van der Waals surface area contributed by atoms with E-state index in [9.17, 15) is 0 Å². The van der Waals surface area contributed by atoms with Gasteiger partial charge in [0.25, 0.3) is 0 Å². The van der Waals surface area contributed by atoms with Crippen LogP contribution < -0.4 is 5.73 Å². The number of hydrogen-bond donors (Lipinski definition) is 1. The van der Waals surface area contributed by atoms with E-state index in [-0.39, 0.29) is 0 Å². The van der Waals surface area contributed by atoms with Crippen molar-refractivity contribution in [3.8, 4) is 0 Å². The minimum absolute atomic E-state index is 0.432. The summed E-state index contributed by atoms with van der Waals surface area (Å²) in [5.41, 5.74) is 9.19. The first-order valence-corrected chi connectivity index (χ1v) is 6.82. The molecular weight excluding hydrogens is 224 g/mol. The molecule has 96 valence electrons. The second-order valence-electron chi connectivity index (χ2n) is 5.52. The molecule has 1 heterocycles. The van der Waals surface area contributed by atoms with Gasteiger partial charge in [0, 0.05) is 13.0 Å². The van der Waals surface area contributed by atoms with Crippen LogP contribution in [0.5, 0.6) is 0 Å². The van der Waals surface area contributed by atoms with Gasteiger partial charge in [-0.2, -0.15) is 0 Å². The van der Waals surface area contributed by atoms with E-state index in [1.807, 2.05) is 13.0 Å². The summed E-state index contributed by atoms with van der Waals surface area (Å²) in [5.74, 6) is 1.53. The smallest absolute Gasteiger partial charge is 0.192 e. The summed E-state index contributed by atoms with van der Waals surface area (Å²) in [6.45, 7) is 1.89. The molecule has 0 unspecified atom stereocenters. The molecule has 3 nitrogen and oxygen atoms in total. The molecule has 0 saturated heterocycles. The van der Waals surface area contributed by atoms with Crippen LogP contribution in [0.25, 0.3) is 11.1 Å². The highest BCUT2D eigenvalue weighted by atomic mass is 16.3. The van der Waals surface area contributed by atoms with Gasteiger partial charge in [-0.25, -0.2) is 4.98 Å². The number of rotatable bonds is 2. The lowest BCUT2D eigenvalue weighted by molar-refractivity contribution is 0.325. The molecular formula is C15H20N2O. The Balaban J connectivity index is 1.74. The Labute approximate surface area is 107 Å². The number of nitrogens with two attached hydrogens (primary N) is 1. The molecule has 0 spiro atoms. The molecule has 2 N–H and O–H groups in total. The van der Waals surface area contributed by atoms with Gasteiger partial charge in [0.1, 0.15) is 5.52 Å². The van der Waals surface area contributed by atoms with Crippen molar-refractivity contribution in [3.63, 3.8) is 0 Å². The lowest BCUT2D eigenvalue weighted by atomic mass is 9.83. The van der Waals surface area contributed by atoms with E-state index in [0.717, 1.165) is 29.3 Å². The second kappa shape index (κ2) is 4.73. The predicted octanol–water partition coefficient (Wildman–Crippen LogP) is 3.20. The van der Waals surface area contributed by atoms with Crippen molar-refractivity contribution in [2.75, 3.05) is 0 Å². The zero-order chi connectivity index (χ0) is 12.5. The van der Waals surface area contributed by atoms with Crippen LogP contribution in [-0.2, 0) is 6.42 Å². The van der Waals surface area contributed by atoms with Gasteiger partial charge in [0.05, 0.1) is 0 Å². The molecule has 3 heteroatoms. The Morgan fingerprint density at radius 3 is 2.83 bits per heavy atom. The van der Waals surface area contributed by atoms with Crippen molar-refractivity contribution in [3.05, 3.63) is 29.7 Å². The van der Waals surface area contributed by atoms with Gasteiger partial charge in [-0.3, -0.25) is 0 Å². The minimum Gasteiger partial charge on any atom is -0.441 e. The Morgan fingerprint density at radius 2 is 2.06 bits per heavy atom. The average Bonchev–Trinajstić information content (AvgIpc) is 2.71. The van der Waals surface area contributed by atoms with E-state index in [1.165, 1.54) is 31.2 Å². The first kappa shape index (κ1) is 11.7. The monoisotopic (exact) mass is 244 g/mol. The van der Waals surface area contributed by atoms with Crippen LogP contribution in [-0.4, -0.2) is 11.0 Å². The summed E-state index contributed by atoms with van der Waals surface area (Å²) in [5, 5.41) is 0. The third kappa shape index (κ3) is 2.41. The third-order valence-electron chi connectivity index (χ3n) is 3.97. The van der Waals surface area contributed by atoms with E-state index >= 15 is 0 Å². The molecule has 1 aromatic heterocycles. The zero-order valence-electron chi connectivity index (χ0n) is 10.9. The molecule has 1 aliphatic carbocycles.